The van der Waals surface area contributed by atoms with Crippen LogP contribution in [0.25, 0.3) is 0 Å². The molecule has 0 spiro atoms. The Labute approximate surface area is 101 Å². The average Bonchev–Trinajstić information content (AvgIpc) is 2.52. The van der Waals surface area contributed by atoms with Crippen molar-refractivity contribution >= 4 is 15.2 Å². The van der Waals surface area contributed by atoms with Crippen LogP contribution in [0.1, 0.15) is 0 Å². The van der Waals surface area contributed by atoms with Crippen molar-refractivity contribution in [2.24, 2.45) is 0 Å². The fraction of sp³-hybridized carbons (Fsp3) is 0.400. The van der Waals surface area contributed by atoms with E-state index >= 15 is 0 Å². The molecule has 1 rings (SSSR count). The van der Waals surface area contributed by atoms with Crippen LogP contribution in [0, 0.1) is 0 Å². The van der Waals surface area contributed by atoms with Gasteiger partial charge >= 0.3 is 15.2 Å². The summed E-state index contributed by atoms with van der Waals surface area (Å²) in [6, 6.07) is 0. The Bertz CT molecular complexity index is 426. The third-order valence-corrected chi connectivity index (χ3v) is 5.60. The van der Waals surface area contributed by atoms with E-state index in [1.54, 1.807) is 0 Å². The second-order valence-electron chi connectivity index (χ2n) is 3.10. The second-order valence-corrected chi connectivity index (χ2v) is 7.11. The molecule has 0 aliphatic carbocycles. The maximum absolute atomic E-state index is 10.9. The number of imidazole rings is 1. The van der Waals surface area contributed by atoms with Gasteiger partial charge in [-0.05, 0) is 0 Å². The molecule has 0 aliphatic rings. The van der Waals surface area contributed by atoms with Gasteiger partial charge in [-0.2, -0.15) is 0 Å². The summed E-state index contributed by atoms with van der Waals surface area (Å²) in [6.45, 7) is -0.957. The summed E-state index contributed by atoms with van der Waals surface area (Å²) in [5, 5.41) is 6.04. The first-order valence-electron chi connectivity index (χ1n) is 3.87. The fourth-order valence-corrected chi connectivity index (χ4v) is 3.03. The van der Waals surface area contributed by atoms with Crippen LogP contribution < -0.4 is 0 Å². The molecular weight excluding hydrogens is 294 g/mol. The summed E-state index contributed by atoms with van der Waals surface area (Å²) in [5.74, 6) is 0. The first kappa shape index (κ1) is 19.7. The zero-order valence-electron chi connectivity index (χ0n) is 8.78. The number of hydrogen-bond donors (Lipinski definition) is 5. The zero-order valence-corrected chi connectivity index (χ0v) is 10.6. The van der Waals surface area contributed by atoms with Gasteiger partial charge in [-0.15, -0.1) is 0 Å². The first-order chi connectivity index (χ1) is 7.08. The van der Waals surface area contributed by atoms with Crippen LogP contribution in [0.3, 0.4) is 0 Å². The van der Waals surface area contributed by atoms with Crippen molar-refractivity contribution in [3.8, 4) is 0 Å². The predicted octanol–water partition coefficient (Wildman–Crippen LogP) is -2.76. The number of hydrogen-bond acceptors (Lipinski definition) is 4. The van der Waals surface area contributed by atoms with Gasteiger partial charge in [0, 0.05) is 12.4 Å². The van der Waals surface area contributed by atoms with Crippen LogP contribution in [0.5, 0.6) is 0 Å². The molecule has 0 aromatic carbocycles. The molecule has 1 heterocycles. The number of aliphatic hydroxyl groups is 1. The molecule has 13 heteroatoms. The fourth-order valence-electron chi connectivity index (χ4n) is 0.979. The molecule has 9 N–H and O–H groups in total. The van der Waals surface area contributed by atoms with E-state index in [0.29, 0.717) is 0 Å². The Morgan fingerprint density at radius 2 is 1.56 bits per heavy atom. The Hall–Kier alpha value is -0.610. The second kappa shape index (κ2) is 6.02. The largest absolute Gasteiger partial charge is 0.412 e. The van der Waals surface area contributed by atoms with Gasteiger partial charge < -0.3 is 40.2 Å². The Balaban J connectivity index is 0. The first-order valence-corrected chi connectivity index (χ1v) is 7.10. The molecule has 0 bridgehead atoms. The molecule has 1 aromatic rings. The van der Waals surface area contributed by atoms with Gasteiger partial charge in [-0.25, -0.2) is 4.98 Å². The smallest absolute Gasteiger partial charge is 0.371 e. The van der Waals surface area contributed by atoms with Gasteiger partial charge in [0.2, 0.25) is 0 Å². The van der Waals surface area contributed by atoms with Gasteiger partial charge in [-0.3, -0.25) is 9.13 Å². The van der Waals surface area contributed by atoms with Gasteiger partial charge in [0.1, 0.15) is 0 Å². The summed E-state index contributed by atoms with van der Waals surface area (Å²) >= 11 is 0. The van der Waals surface area contributed by atoms with Crippen molar-refractivity contribution in [1.82, 2.24) is 9.55 Å². The minimum atomic E-state index is -5.41. The number of aromatic nitrogens is 2. The number of nitrogens with zero attached hydrogens (tertiary/aromatic N) is 2. The van der Waals surface area contributed by atoms with Crippen LogP contribution in [-0.2, 0) is 15.7 Å². The highest BCUT2D eigenvalue weighted by Crippen LogP contribution is 2.67. The lowest BCUT2D eigenvalue weighted by atomic mass is 10.6. The van der Waals surface area contributed by atoms with E-state index in [-0.39, 0.29) is 11.0 Å². The van der Waals surface area contributed by atoms with E-state index in [0.717, 1.165) is 10.9 Å². The molecule has 0 unspecified atom stereocenters. The Morgan fingerprint density at radius 1 is 1.11 bits per heavy atom. The molecule has 0 amide bonds. The summed E-state index contributed by atoms with van der Waals surface area (Å²) in [4.78, 5) is 38.7. The Morgan fingerprint density at radius 3 is 1.83 bits per heavy atom. The minimum Gasteiger partial charge on any atom is -0.412 e. The summed E-state index contributed by atoms with van der Waals surface area (Å²) in [5.41, 5.74) is 0. The molecule has 0 saturated carbocycles. The van der Waals surface area contributed by atoms with Crippen LogP contribution in [0.4, 0.5) is 0 Å². The monoisotopic (exact) mass is 308 g/mol. The maximum Gasteiger partial charge on any atom is 0.371 e. The van der Waals surface area contributed by atoms with E-state index in [1.807, 2.05) is 0 Å². The topological polar surface area (TPSA) is 216 Å². The lowest BCUT2D eigenvalue weighted by Crippen LogP contribution is -2.33. The Kier molecular flexibility index (Phi) is 6.60. The van der Waals surface area contributed by atoms with E-state index < -0.39 is 26.8 Å². The summed E-state index contributed by atoms with van der Waals surface area (Å²) < 4.78 is 22.8. The highest BCUT2D eigenvalue weighted by atomic mass is 31.2. The molecule has 0 fully saturated rings. The summed E-state index contributed by atoms with van der Waals surface area (Å²) in [7, 11) is -10.8. The van der Waals surface area contributed by atoms with Gasteiger partial charge in [-0.1, -0.05) is 0 Å². The number of rotatable bonds is 4. The van der Waals surface area contributed by atoms with Crippen molar-refractivity contribution in [2.45, 2.75) is 11.6 Å². The lowest BCUT2D eigenvalue weighted by Gasteiger charge is -2.29. The van der Waals surface area contributed by atoms with Crippen LogP contribution >= 0.6 is 15.2 Å². The molecule has 108 valence electrons. The average molecular weight is 308 g/mol. The van der Waals surface area contributed by atoms with Crippen LogP contribution in [0.2, 0.25) is 0 Å². The van der Waals surface area contributed by atoms with E-state index in [4.69, 9.17) is 19.6 Å². The third-order valence-electron chi connectivity index (χ3n) is 1.89. The van der Waals surface area contributed by atoms with Crippen LogP contribution in [-0.4, -0.2) is 50.3 Å². The minimum absolute atomic E-state index is 0. The van der Waals surface area contributed by atoms with Crippen molar-refractivity contribution in [1.29, 1.82) is 0 Å². The van der Waals surface area contributed by atoms with E-state index in [9.17, 15) is 14.2 Å². The molecular formula is C5H14N2O9P2. The normalized spacial score (nSPS) is 12.5. The highest BCUT2D eigenvalue weighted by molar-refractivity contribution is 7.72. The molecule has 0 aliphatic heterocycles. The lowest BCUT2D eigenvalue weighted by molar-refractivity contribution is 0.115. The standard InChI is InChI=1S/C5H10N2O7P2.2H2O/c8-5(15(9,10)11,16(12,13)14)3-7-2-1-6-4-7;;/h1-2,4,8H,3H2,(H2,9,10,11)(H2,12,13,14);2*1H2. The molecule has 0 saturated heterocycles. The van der Waals surface area contributed by atoms with E-state index in [2.05, 4.69) is 4.98 Å². The molecule has 0 radical (unpaired) electrons. The van der Waals surface area contributed by atoms with Crippen LogP contribution in [0.15, 0.2) is 18.7 Å². The molecule has 0 atom stereocenters. The quantitative estimate of drug-likeness (QED) is 0.366. The zero-order chi connectivity index (χ0) is 12.6. The van der Waals surface area contributed by atoms with Crippen molar-refractivity contribution in [3.05, 3.63) is 18.7 Å². The predicted molar refractivity (Wildman–Crippen MR) is 58.5 cm³/mol. The molecule has 11 nitrogen and oxygen atoms in total. The maximum atomic E-state index is 10.9. The summed E-state index contributed by atoms with van der Waals surface area (Å²) in [6.07, 6.45) is 3.51. The highest BCUT2D eigenvalue weighted by Gasteiger charge is 2.59. The van der Waals surface area contributed by atoms with E-state index in [1.165, 1.54) is 12.4 Å². The molecule has 1 aromatic heterocycles. The van der Waals surface area contributed by atoms with Gasteiger partial charge in [0.25, 0.3) is 5.08 Å². The third kappa shape index (κ3) is 3.69. The van der Waals surface area contributed by atoms with Gasteiger partial charge in [0.15, 0.2) is 0 Å². The van der Waals surface area contributed by atoms with Crippen molar-refractivity contribution < 1.29 is 44.8 Å². The van der Waals surface area contributed by atoms with Crippen molar-refractivity contribution in [2.75, 3.05) is 0 Å². The van der Waals surface area contributed by atoms with Gasteiger partial charge in [0.05, 0.1) is 12.9 Å². The van der Waals surface area contributed by atoms with Crippen molar-refractivity contribution in [3.63, 3.8) is 0 Å². The molecule has 18 heavy (non-hydrogen) atoms. The SMILES string of the molecule is O.O.O=P(O)(O)C(O)(Cn1ccnc1)P(=O)(O)O.